The van der Waals surface area contributed by atoms with Gasteiger partial charge in [0, 0.05) is 27.2 Å². The number of sulfonamides is 2. The molecule has 1 amide bonds. The maximum atomic E-state index is 12.7. The van der Waals surface area contributed by atoms with Gasteiger partial charge in [-0.05, 0) is 44.0 Å². The van der Waals surface area contributed by atoms with Crippen LogP contribution in [-0.2, 0) is 34.4 Å². The molecule has 0 aliphatic carbocycles. The lowest BCUT2D eigenvalue weighted by molar-refractivity contribution is -0.151. The van der Waals surface area contributed by atoms with Crippen LogP contribution >= 0.6 is 0 Å². The van der Waals surface area contributed by atoms with Crippen molar-refractivity contribution in [3.05, 3.63) is 24.3 Å². The number of ether oxygens (including phenoxy) is 1. The molecule has 1 aliphatic rings. The van der Waals surface area contributed by atoms with Crippen LogP contribution in [0.4, 0.5) is 5.69 Å². The molecule has 1 saturated heterocycles. The van der Waals surface area contributed by atoms with E-state index < -0.39 is 32.5 Å². The highest BCUT2D eigenvalue weighted by Gasteiger charge is 2.30. The number of rotatable bonds is 8. The SMILES string of the molecule is CCOC(=O)C1CCN(C(=O)CN(c2ccc(S(=O)(=O)N(C)C)cc2)S(C)(=O)=O)CC1. The van der Waals surface area contributed by atoms with E-state index in [0.29, 0.717) is 32.5 Å². The van der Waals surface area contributed by atoms with Crippen molar-refractivity contribution in [2.75, 3.05) is 50.9 Å². The van der Waals surface area contributed by atoms with Crippen LogP contribution in [0, 0.1) is 5.92 Å². The van der Waals surface area contributed by atoms with Gasteiger partial charge in [-0.15, -0.1) is 0 Å². The van der Waals surface area contributed by atoms with Crippen molar-refractivity contribution in [1.82, 2.24) is 9.21 Å². The molecule has 0 unspecified atom stereocenters. The van der Waals surface area contributed by atoms with Crippen LogP contribution in [0.2, 0.25) is 0 Å². The van der Waals surface area contributed by atoms with Crippen LogP contribution in [0.3, 0.4) is 0 Å². The van der Waals surface area contributed by atoms with Gasteiger partial charge in [0.15, 0.2) is 0 Å². The Labute approximate surface area is 183 Å². The Balaban J connectivity index is 2.13. The first-order valence-corrected chi connectivity index (χ1v) is 13.1. The van der Waals surface area contributed by atoms with E-state index in [4.69, 9.17) is 4.74 Å². The molecule has 31 heavy (non-hydrogen) atoms. The average Bonchev–Trinajstić information content (AvgIpc) is 2.71. The maximum absolute atomic E-state index is 12.7. The quantitative estimate of drug-likeness (QED) is 0.502. The van der Waals surface area contributed by atoms with Crippen LogP contribution in [0.1, 0.15) is 19.8 Å². The normalized spacial score (nSPS) is 15.7. The molecule has 0 N–H and O–H groups in total. The van der Waals surface area contributed by atoms with E-state index in [9.17, 15) is 26.4 Å². The molecule has 1 heterocycles. The van der Waals surface area contributed by atoms with Crippen molar-refractivity contribution in [3.8, 4) is 0 Å². The molecule has 174 valence electrons. The molecule has 0 radical (unpaired) electrons. The summed E-state index contributed by atoms with van der Waals surface area (Å²) in [6.07, 6.45) is 1.90. The van der Waals surface area contributed by atoms with Crippen molar-refractivity contribution >= 4 is 37.6 Å². The zero-order valence-corrected chi connectivity index (χ0v) is 19.8. The Morgan fingerprint density at radius 2 is 1.61 bits per heavy atom. The number of nitrogens with zero attached hydrogens (tertiary/aromatic N) is 3. The second-order valence-electron chi connectivity index (χ2n) is 7.46. The van der Waals surface area contributed by atoms with Gasteiger partial charge < -0.3 is 9.64 Å². The Hall–Kier alpha value is -2.18. The summed E-state index contributed by atoms with van der Waals surface area (Å²) in [6, 6.07) is 5.33. The minimum absolute atomic E-state index is 0.0158. The van der Waals surface area contributed by atoms with Gasteiger partial charge in [0.25, 0.3) is 0 Å². The molecule has 10 nitrogen and oxygen atoms in total. The van der Waals surface area contributed by atoms with Crippen LogP contribution in [0.25, 0.3) is 0 Å². The minimum atomic E-state index is -3.80. The first-order valence-electron chi connectivity index (χ1n) is 9.82. The van der Waals surface area contributed by atoms with E-state index in [-0.39, 0.29) is 22.5 Å². The summed E-state index contributed by atoms with van der Waals surface area (Å²) >= 11 is 0. The lowest BCUT2D eigenvalue weighted by Crippen LogP contribution is -2.46. The number of likely N-dealkylation sites (tertiary alicyclic amines) is 1. The van der Waals surface area contributed by atoms with E-state index in [2.05, 4.69) is 0 Å². The zero-order valence-electron chi connectivity index (χ0n) is 18.1. The van der Waals surface area contributed by atoms with E-state index in [1.807, 2.05) is 0 Å². The molecule has 1 fully saturated rings. The van der Waals surface area contributed by atoms with E-state index in [1.54, 1.807) is 6.92 Å². The van der Waals surface area contributed by atoms with Crippen LogP contribution in [0.5, 0.6) is 0 Å². The first kappa shape index (κ1) is 25.1. The third-order valence-corrected chi connectivity index (χ3v) is 8.02. The van der Waals surface area contributed by atoms with Crippen LogP contribution in [-0.4, -0.2) is 84.5 Å². The largest absolute Gasteiger partial charge is 0.466 e. The highest BCUT2D eigenvalue weighted by Crippen LogP contribution is 2.23. The molecule has 12 heteroatoms. The second-order valence-corrected chi connectivity index (χ2v) is 11.5. The Bertz CT molecular complexity index is 997. The lowest BCUT2D eigenvalue weighted by atomic mass is 9.97. The molecule has 0 bridgehead atoms. The fraction of sp³-hybridized carbons (Fsp3) is 0.579. The number of carbonyl (C=O) groups is 2. The Morgan fingerprint density at radius 1 is 1.06 bits per heavy atom. The molecule has 1 aromatic rings. The highest BCUT2D eigenvalue weighted by atomic mass is 32.2. The van der Waals surface area contributed by atoms with Gasteiger partial charge in [-0.1, -0.05) is 0 Å². The molecule has 1 aromatic carbocycles. The van der Waals surface area contributed by atoms with Crippen molar-refractivity contribution in [2.45, 2.75) is 24.7 Å². The number of amides is 1. The third-order valence-electron chi connectivity index (χ3n) is 5.05. The molecule has 0 aromatic heterocycles. The van der Waals surface area contributed by atoms with Crippen LogP contribution < -0.4 is 4.31 Å². The van der Waals surface area contributed by atoms with Gasteiger partial charge in [-0.2, -0.15) is 0 Å². The zero-order chi connectivity index (χ0) is 23.4. The van der Waals surface area contributed by atoms with Crippen molar-refractivity contribution < 1.29 is 31.2 Å². The Morgan fingerprint density at radius 3 is 2.06 bits per heavy atom. The third kappa shape index (κ3) is 6.17. The molecule has 0 saturated carbocycles. The average molecular weight is 476 g/mol. The summed E-state index contributed by atoms with van der Waals surface area (Å²) in [5.74, 6) is -0.931. The summed E-state index contributed by atoms with van der Waals surface area (Å²) in [4.78, 5) is 26.1. The standard InChI is InChI=1S/C19H29N3O7S2/c1-5-29-19(24)15-10-12-21(13-11-15)18(23)14-22(30(4,25)26)16-6-8-17(9-7-16)31(27,28)20(2)3/h6-9,15H,5,10-14H2,1-4H3. The number of benzene rings is 1. The van der Waals surface area contributed by atoms with Gasteiger partial charge in [0.2, 0.25) is 26.0 Å². The van der Waals surface area contributed by atoms with Gasteiger partial charge in [0.05, 0.1) is 29.4 Å². The monoisotopic (exact) mass is 475 g/mol. The van der Waals surface area contributed by atoms with E-state index in [1.165, 1.54) is 43.3 Å². The Kier molecular flexibility index (Phi) is 8.06. The molecule has 1 aliphatic heterocycles. The van der Waals surface area contributed by atoms with Crippen molar-refractivity contribution in [1.29, 1.82) is 0 Å². The summed E-state index contributed by atoms with van der Waals surface area (Å²) < 4.78 is 56.1. The number of esters is 1. The molecule has 0 atom stereocenters. The molecule has 0 spiro atoms. The molecular formula is C19H29N3O7S2. The van der Waals surface area contributed by atoms with Gasteiger partial charge in [0.1, 0.15) is 6.54 Å². The van der Waals surface area contributed by atoms with Crippen molar-refractivity contribution in [3.63, 3.8) is 0 Å². The maximum Gasteiger partial charge on any atom is 0.309 e. The molecular weight excluding hydrogens is 446 g/mol. The minimum Gasteiger partial charge on any atom is -0.466 e. The summed E-state index contributed by atoms with van der Waals surface area (Å²) in [5, 5.41) is 0. The van der Waals surface area contributed by atoms with Gasteiger partial charge in [-0.25, -0.2) is 21.1 Å². The van der Waals surface area contributed by atoms with E-state index in [0.717, 1.165) is 14.9 Å². The second kappa shape index (κ2) is 9.96. The number of hydrogen-bond donors (Lipinski definition) is 0. The van der Waals surface area contributed by atoms with Gasteiger partial charge in [-0.3, -0.25) is 13.9 Å². The fourth-order valence-corrected chi connectivity index (χ4v) is 4.99. The van der Waals surface area contributed by atoms with Gasteiger partial charge >= 0.3 is 5.97 Å². The van der Waals surface area contributed by atoms with Crippen molar-refractivity contribution in [2.24, 2.45) is 5.92 Å². The molecule has 2 rings (SSSR count). The predicted octanol–water partition coefficient (Wildman–Crippen LogP) is 0.505. The predicted molar refractivity (Wildman–Crippen MR) is 115 cm³/mol. The summed E-state index contributed by atoms with van der Waals surface area (Å²) in [5.41, 5.74) is 0.190. The lowest BCUT2D eigenvalue weighted by Gasteiger charge is -2.32. The first-order chi connectivity index (χ1) is 14.4. The fourth-order valence-electron chi connectivity index (χ4n) is 3.24. The highest BCUT2D eigenvalue weighted by molar-refractivity contribution is 7.92. The van der Waals surface area contributed by atoms with E-state index >= 15 is 0 Å². The number of hydrogen-bond acceptors (Lipinski definition) is 7. The van der Waals surface area contributed by atoms with Crippen LogP contribution in [0.15, 0.2) is 29.2 Å². The summed E-state index contributed by atoms with van der Waals surface area (Å²) in [7, 11) is -4.66. The smallest absolute Gasteiger partial charge is 0.309 e. The number of anilines is 1. The summed E-state index contributed by atoms with van der Waals surface area (Å²) in [6.45, 7) is 2.29. The number of carbonyl (C=O) groups excluding carboxylic acids is 2. The topological polar surface area (TPSA) is 121 Å². The number of piperidine rings is 1.